The van der Waals surface area contributed by atoms with E-state index >= 15 is 0 Å². The summed E-state index contributed by atoms with van der Waals surface area (Å²) in [5.41, 5.74) is 0. The van der Waals surface area contributed by atoms with E-state index in [0.29, 0.717) is 19.0 Å². The standard InChI is InChI=1S/C11H20N4O2S/c1-3-5-6-7-15-18(16,17)10-8-13-11(12-4-2)14-9-10/h8-9,15H,3-7H2,1-2H3,(H,12,13,14). The van der Waals surface area contributed by atoms with Crippen molar-refractivity contribution in [1.29, 1.82) is 0 Å². The van der Waals surface area contributed by atoms with Crippen molar-refractivity contribution in [1.82, 2.24) is 14.7 Å². The maximum absolute atomic E-state index is 11.9. The van der Waals surface area contributed by atoms with Crippen LogP contribution in [0.15, 0.2) is 17.3 Å². The summed E-state index contributed by atoms with van der Waals surface area (Å²) < 4.78 is 26.2. The first kappa shape index (κ1) is 14.8. The van der Waals surface area contributed by atoms with Gasteiger partial charge in [-0.05, 0) is 13.3 Å². The van der Waals surface area contributed by atoms with Gasteiger partial charge in [0.05, 0.1) is 12.4 Å². The first-order chi connectivity index (χ1) is 8.60. The van der Waals surface area contributed by atoms with Gasteiger partial charge < -0.3 is 5.32 Å². The molecule has 7 heteroatoms. The minimum absolute atomic E-state index is 0.0978. The summed E-state index contributed by atoms with van der Waals surface area (Å²) in [4.78, 5) is 7.97. The quantitative estimate of drug-likeness (QED) is 0.698. The van der Waals surface area contributed by atoms with E-state index < -0.39 is 10.0 Å². The fourth-order valence-electron chi connectivity index (χ4n) is 1.37. The largest absolute Gasteiger partial charge is 0.355 e. The zero-order valence-corrected chi connectivity index (χ0v) is 11.6. The predicted octanol–water partition coefficient (Wildman–Crippen LogP) is 1.38. The van der Waals surface area contributed by atoms with E-state index in [4.69, 9.17) is 0 Å². The van der Waals surface area contributed by atoms with E-state index in [1.54, 1.807) is 0 Å². The molecule has 1 rings (SSSR count). The van der Waals surface area contributed by atoms with Crippen molar-refractivity contribution in [2.45, 2.75) is 38.0 Å². The Morgan fingerprint density at radius 2 is 1.83 bits per heavy atom. The zero-order chi connectivity index (χ0) is 13.4. The molecule has 0 atom stereocenters. The molecular weight excluding hydrogens is 252 g/mol. The van der Waals surface area contributed by atoms with Gasteiger partial charge in [0.15, 0.2) is 0 Å². The number of anilines is 1. The SMILES string of the molecule is CCCCCNS(=O)(=O)c1cnc(NCC)nc1. The van der Waals surface area contributed by atoms with Gasteiger partial charge in [0.25, 0.3) is 0 Å². The molecule has 0 aliphatic rings. The summed E-state index contributed by atoms with van der Waals surface area (Å²) in [6.45, 7) is 5.14. The van der Waals surface area contributed by atoms with E-state index in [9.17, 15) is 8.42 Å². The van der Waals surface area contributed by atoms with Crippen molar-refractivity contribution in [3.8, 4) is 0 Å². The van der Waals surface area contributed by atoms with Crippen LogP contribution in [-0.2, 0) is 10.0 Å². The fourth-order valence-corrected chi connectivity index (χ4v) is 2.33. The minimum atomic E-state index is -3.48. The Morgan fingerprint density at radius 1 is 1.17 bits per heavy atom. The van der Waals surface area contributed by atoms with E-state index in [2.05, 4.69) is 26.9 Å². The van der Waals surface area contributed by atoms with Crippen LogP contribution in [0.1, 0.15) is 33.1 Å². The summed E-state index contributed by atoms with van der Waals surface area (Å²) in [5.74, 6) is 0.433. The summed E-state index contributed by atoms with van der Waals surface area (Å²) in [6.07, 6.45) is 5.53. The van der Waals surface area contributed by atoms with Crippen LogP contribution in [0.25, 0.3) is 0 Å². The molecule has 1 aromatic heterocycles. The monoisotopic (exact) mass is 272 g/mol. The fraction of sp³-hybridized carbons (Fsp3) is 0.636. The van der Waals surface area contributed by atoms with E-state index in [0.717, 1.165) is 19.3 Å². The molecule has 0 bridgehead atoms. The molecule has 6 nitrogen and oxygen atoms in total. The number of hydrogen-bond acceptors (Lipinski definition) is 5. The molecule has 0 aromatic carbocycles. The molecule has 1 aromatic rings. The number of nitrogens with zero attached hydrogens (tertiary/aromatic N) is 2. The van der Waals surface area contributed by atoms with Gasteiger partial charge in [0.1, 0.15) is 4.90 Å². The summed E-state index contributed by atoms with van der Waals surface area (Å²) >= 11 is 0. The van der Waals surface area contributed by atoms with Gasteiger partial charge >= 0.3 is 0 Å². The highest BCUT2D eigenvalue weighted by atomic mass is 32.2. The lowest BCUT2D eigenvalue weighted by atomic mass is 10.3. The lowest BCUT2D eigenvalue weighted by Crippen LogP contribution is -2.25. The number of hydrogen-bond donors (Lipinski definition) is 2. The number of sulfonamides is 1. The van der Waals surface area contributed by atoms with Gasteiger partial charge in [-0.3, -0.25) is 0 Å². The lowest BCUT2D eigenvalue weighted by molar-refractivity contribution is 0.575. The molecule has 0 fully saturated rings. The third kappa shape index (κ3) is 4.58. The van der Waals surface area contributed by atoms with E-state index in [1.807, 2.05) is 6.92 Å². The second-order valence-corrected chi connectivity index (χ2v) is 5.64. The van der Waals surface area contributed by atoms with Crippen molar-refractivity contribution in [2.24, 2.45) is 0 Å². The van der Waals surface area contributed by atoms with Crippen LogP contribution in [-0.4, -0.2) is 31.5 Å². The van der Waals surface area contributed by atoms with Crippen LogP contribution in [0.5, 0.6) is 0 Å². The Bertz CT molecular complexity index is 445. The zero-order valence-electron chi connectivity index (χ0n) is 10.8. The highest BCUT2D eigenvalue weighted by molar-refractivity contribution is 7.89. The Hall–Kier alpha value is -1.21. The average Bonchev–Trinajstić information content (AvgIpc) is 2.36. The van der Waals surface area contributed by atoms with Crippen molar-refractivity contribution in [3.05, 3.63) is 12.4 Å². The summed E-state index contributed by atoms with van der Waals surface area (Å²) in [7, 11) is -3.48. The minimum Gasteiger partial charge on any atom is -0.355 e. The maximum Gasteiger partial charge on any atom is 0.243 e. The third-order valence-corrected chi connectivity index (χ3v) is 3.76. The molecular formula is C11H20N4O2S. The molecule has 1 heterocycles. The molecule has 102 valence electrons. The van der Waals surface area contributed by atoms with E-state index in [-0.39, 0.29) is 4.90 Å². The molecule has 0 amide bonds. The number of unbranched alkanes of at least 4 members (excludes halogenated alkanes) is 2. The molecule has 0 spiro atoms. The molecule has 0 aliphatic carbocycles. The van der Waals surface area contributed by atoms with Crippen LogP contribution >= 0.6 is 0 Å². The number of aromatic nitrogens is 2. The topological polar surface area (TPSA) is 84.0 Å². The predicted molar refractivity (Wildman–Crippen MR) is 70.9 cm³/mol. The summed E-state index contributed by atoms with van der Waals surface area (Å²) in [5, 5.41) is 2.91. The Balaban J connectivity index is 2.61. The van der Waals surface area contributed by atoms with Gasteiger partial charge in [-0.15, -0.1) is 0 Å². The van der Waals surface area contributed by atoms with Crippen molar-refractivity contribution in [2.75, 3.05) is 18.4 Å². The molecule has 0 saturated heterocycles. The normalized spacial score (nSPS) is 11.4. The molecule has 18 heavy (non-hydrogen) atoms. The lowest BCUT2D eigenvalue weighted by Gasteiger charge is -2.06. The van der Waals surface area contributed by atoms with Gasteiger partial charge in [0, 0.05) is 13.1 Å². The Morgan fingerprint density at radius 3 is 2.39 bits per heavy atom. The van der Waals surface area contributed by atoms with Crippen LogP contribution in [0.2, 0.25) is 0 Å². The molecule has 2 N–H and O–H groups in total. The molecule has 0 radical (unpaired) electrons. The average molecular weight is 272 g/mol. The first-order valence-electron chi connectivity index (χ1n) is 6.15. The molecule has 0 saturated carbocycles. The second-order valence-electron chi connectivity index (χ2n) is 3.88. The Kier molecular flexibility index (Phi) is 6.00. The van der Waals surface area contributed by atoms with Crippen molar-refractivity contribution >= 4 is 16.0 Å². The van der Waals surface area contributed by atoms with E-state index in [1.165, 1.54) is 12.4 Å². The second kappa shape index (κ2) is 7.27. The number of rotatable bonds is 8. The van der Waals surface area contributed by atoms with Crippen LogP contribution < -0.4 is 10.0 Å². The van der Waals surface area contributed by atoms with Crippen LogP contribution in [0, 0.1) is 0 Å². The molecule has 0 aliphatic heterocycles. The van der Waals surface area contributed by atoms with Gasteiger partial charge in [-0.1, -0.05) is 19.8 Å². The smallest absolute Gasteiger partial charge is 0.243 e. The van der Waals surface area contributed by atoms with Crippen molar-refractivity contribution < 1.29 is 8.42 Å². The van der Waals surface area contributed by atoms with Crippen molar-refractivity contribution in [3.63, 3.8) is 0 Å². The number of nitrogens with one attached hydrogen (secondary N) is 2. The maximum atomic E-state index is 11.9. The third-order valence-electron chi connectivity index (χ3n) is 2.35. The molecule has 0 unspecified atom stereocenters. The Labute approximate surface area is 108 Å². The highest BCUT2D eigenvalue weighted by Gasteiger charge is 2.14. The van der Waals surface area contributed by atoms with Crippen LogP contribution in [0.4, 0.5) is 5.95 Å². The van der Waals surface area contributed by atoms with Gasteiger partial charge in [0.2, 0.25) is 16.0 Å². The van der Waals surface area contributed by atoms with Gasteiger partial charge in [-0.2, -0.15) is 0 Å². The summed E-state index contributed by atoms with van der Waals surface area (Å²) in [6, 6.07) is 0. The first-order valence-corrected chi connectivity index (χ1v) is 7.64. The van der Waals surface area contributed by atoms with Gasteiger partial charge in [-0.25, -0.2) is 23.1 Å². The van der Waals surface area contributed by atoms with Crippen LogP contribution in [0.3, 0.4) is 0 Å². The highest BCUT2D eigenvalue weighted by Crippen LogP contribution is 2.07.